The molecule has 2 aromatic heterocycles. The van der Waals surface area contributed by atoms with Gasteiger partial charge in [-0.05, 0) is 25.3 Å². The standard InChI is InChI=1S/C19H27N5O2/c25-19(17-12-20-22-18(17)15-6-2-1-3-7-15)23-9-5-11-26-16(13-23)14-24-10-4-8-21-24/h4,8,10,12,15-16H,1-3,5-7,9,11,13-14H2,(H,20,22)/t16-/m1/s1. The fourth-order valence-electron chi connectivity index (χ4n) is 4.15. The highest BCUT2D eigenvalue weighted by Crippen LogP contribution is 2.33. The van der Waals surface area contributed by atoms with Crippen LogP contribution < -0.4 is 0 Å². The molecular formula is C19H27N5O2. The van der Waals surface area contributed by atoms with E-state index in [2.05, 4.69) is 15.3 Å². The topological polar surface area (TPSA) is 76.0 Å². The van der Waals surface area contributed by atoms with Crippen LogP contribution in [0.1, 0.15) is 60.5 Å². The minimum Gasteiger partial charge on any atom is -0.374 e. The van der Waals surface area contributed by atoms with E-state index in [4.69, 9.17) is 4.74 Å². The molecule has 1 aliphatic heterocycles. The minimum absolute atomic E-state index is 0.0358. The van der Waals surface area contributed by atoms with Crippen molar-refractivity contribution in [1.29, 1.82) is 0 Å². The van der Waals surface area contributed by atoms with Gasteiger partial charge in [-0.3, -0.25) is 14.6 Å². The molecule has 2 aromatic rings. The number of carbonyl (C=O) groups excluding carboxylic acids is 1. The molecule has 0 aromatic carbocycles. The third-order valence-electron chi connectivity index (χ3n) is 5.50. The zero-order valence-corrected chi connectivity index (χ0v) is 15.1. The summed E-state index contributed by atoms with van der Waals surface area (Å²) in [5, 5.41) is 11.6. The summed E-state index contributed by atoms with van der Waals surface area (Å²) >= 11 is 0. The maximum absolute atomic E-state index is 13.2. The van der Waals surface area contributed by atoms with E-state index >= 15 is 0 Å². The van der Waals surface area contributed by atoms with Crippen molar-refractivity contribution < 1.29 is 9.53 Å². The lowest BCUT2D eigenvalue weighted by Crippen LogP contribution is -2.39. The van der Waals surface area contributed by atoms with Crippen LogP contribution in [0.2, 0.25) is 0 Å². The van der Waals surface area contributed by atoms with E-state index < -0.39 is 0 Å². The SMILES string of the molecule is O=C(c1cn[nH]c1C1CCCCC1)N1CCCO[C@@H](Cn2cccn2)C1. The van der Waals surface area contributed by atoms with Gasteiger partial charge >= 0.3 is 0 Å². The van der Waals surface area contributed by atoms with Crippen LogP contribution in [0.25, 0.3) is 0 Å². The van der Waals surface area contributed by atoms with Gasteiger partial charge in [0.05, 0.1) is 30.1 Å². The molecule has 1 N–H and O–H groups in total. The third kappa shape index (κ3) is 3.82. The van der Waals surface area contributed by atoms with Crippen LogP contribution >= 0.6 is 0 Å². The van der Waals surface area contributed by atoms with Gasteiger partial charge in [0.1, 0.15) is 0 Å². The molecule has 7 heteroatoms. The number of nitrogens with one attached hydrogen (secondary N) is 1. The molecule has 7 nitrogen and oxygen atoms in total. The molecule has 0 unspecified atom stereocenters. The second kappa shape index (κ2) is 8.03. The molecule has 2 fully saturated rings. The number of hydrogen-bond acceptors (Lipinski definition) is 4. The number of aromatic amines is 1. The Morgan fingerprint density at radius 3 is 2.96 bits per heavy atom. The predicted molar refractivity (Wildman–Crippen MR) is 96.9 cm³/mol. The Labute approximate surface area is 153 Å². The number of hydrogen-bond donors (Lipinski definition) is 1. The van der Waals surface area contributed by atoms with Gasteiger partial charge in [0.2, 0.25) is 0 Å². The molecule has 0 spiro atoms. The van der Waals surface area contributed by atoms with Gasteiger partial charge in [-0.25, -0.2) is 0 Å². The largest absolute Gasteiger partial charge is 0.374 e. The number of amides is 1. The van der Waals surface area contributed by atoms with E-state index in [1.807, 2.05) is 21.8 Å². The Hall–Kier alpha value is -2.15. The van der Waals surface area contributed by atoms with Gasteiger partial charge in [-0.15, -0.1) is 0 Å². The summed E-state index contributed by atoms with van der Waals surface area (Å²) in [6.07, 6.45) is 12.3. The van der Waals surface area contributed by atoms with Crippen LogP contribution in [0.5, 0.6) is 0 Å². The molecule has 1 atom stereocenters. The van der Waals surface area contributed by atoms with E-state index in [0.717, 1.165) is 37.1 Å². The number of H-pyrrole nitrogens is 1. The Kier molecular flexibility index (Phi) is 5.34. The number of ether oxygens (including phenoxy) is 1. The zero-order chi connectivity index (χ0) is 17.8. The molecule has 1 saturated heterocycles. The number of aromatic nitrogens is 4. The summed E-state index contributed by atoms with van der Waals surface area (Å²) in [4.78, 5) is 15.1. The maximum atomic E-state index is 13.2. The van der Waals surface area contributed by atoms with Crippen LogP contribution in [0.4, 0.5) is 0 Å². The number of carbonyl (C=O) groups is 1. The van der Waals surface area contributed by atoms with Crippen LogP contribution in [-0.2, 0) is 11.3 Å². The van der Waals surface area contributed by atoms with Gasteiger partial charge in [0.25, 0.3) is 5.91 Å². The van der Waals surface area contributed by atoms with Crippen molar-refractivity contribution in [1.82, 2.24) is 24.9 Å². The van der Waals surface area contributed by atoms with Crippen molar-refractivity contribution in [2.24, 2.45) is 0 Å². The van der Waals surface area contributed by atoms with Crippen LogP contribution in [0.15, 0.2) is 24.7 Å². The molecule has 140 valence electrons. The Morgan fingerprint density at radius 2 is 2.15 bits per heavy atom. The van der Waals surface area contributed by atoms with E-state index in [9.17, 15) is 4.79 Å². The first-order valence-electron chi connectivity index (χ1n) is 9.73. The average molecular weight is 357 g/mol. The summed E-state index contributed by atoms with van der Waals surface area (Å²) in [7, 11) is 0. The lowest BCUT2D eigenvalue weighted by atomic mass is 9.85. The van der Waals surface area contributed by atoms with Crippen molar-refractivity contribution in [3.63, 3.8) is 0 Å². The lowest BCUT2D eigenvalue weighted by molar-refractivity contribution is 0.0367. The smallest absolute Gasteiger partial charge is 0.257 e. The monoisotopic (exact) mass is 357 g/mol. The lowest BCUT2D eigenvalue weighted by Gasteiger charge is -2.26. The fourth-order valence-corrected chi connectivity index (χ4v) is 4.15. The summed E-state index contributed by atoms with van der Waals surface area (Å²) in [6.45, 7) is 2.66. The van der Waals surface area contributed by atoms with Gasteiger partial charge in [0.15, 0.2) is 0 Å². The predicted octanol–water partition coefficient (Wildman–Crippen LogP) is 2.59. The zero-order valence-electron chi connectivity index (χ0n) is 15.1. The molecule has 0 bridgehead atoms. The maximum Gasteiger partial charge on any atom is 0.257 e. The van der Waals surface area contributed by atoms with E-state index in [-0.39, 0.29) is 12.0 Å². The molecule has 2 aliphatic rings. The van der Waals surface area contributed by atoms with Crippen LogP contribution in [0.3, 0.4) is 0 Å². The van der Waals surface area contributed by atoms with Gasteiger partial charge in [-0.2, -0.15) is 10.2 Å². The minimum atomic E-state index is -0.0358. The molecule has 0 radical (unpaired) electrons. The first-order chi connectivity index (χ1) is 12.8. The normalized spacial score (nSPS) is 22.3. The van der Waals surface area contributed by atoms with Crippen molar-refractivity contribution in [2.45, 2.75) is 57.1 Å². The highest BCUT2D eigenvalue weighted by Gasteiger charge is 2.29. The molecule has 1 aliphatic carbocycles. The second-order valence-electron chi connectivity index (χ2n) is 7.36. The highest BCUT2D eigenvalue weighted by molar-refractivity contribution is 5.95. The summed E-state index contributed by atoms with van der Waals surface area (Å²) in [5.74, 6) is 0.517. The Bertz CT molecular complexity index is 705. The molecular weight excluding hydrogens is 330 g/mol. The van der Waals surface area contributed by atoms with E-state index in [1.165, 1.54) is 19.3 Å². The molecule has 4 rings (SSSR count). The molecule has 1 saturated carbocycles. The van der Waals surface area contributed by atoms with Gasteiger partial charge < -0.3 is 9.64 Å². The van der Waals surface area contributed by atoms with Crippen molar-refractivity contribution >= 4 is 5.91 Å². The van der Waals surface area contributed by atoms with Crippen LogP contribution in [0, 0.1) is 0 Å². The molecule has 26 heavy (non-hydrogen) atoms. The molecule has 1 amide bonds. The Balaban J connectivity index is 1.47. The summed E-state index contributed by atoms with van der Waals surface area (Å²) in [6, 6.07) is 1.90. The van der Waals surface area contributed by atoms with E-state index in [1.54, 1.807) is 12.4 Å². The third-order valence-corrected chi connectivity index (χ3v) is 5.50. The van der Waals surface area contributed by atoms with Gasteiger partial charge in [0, 0.05) is 38.0 Å². The van der Waals surface area contributed by atoms with Gasteiger partial charge in [-0.1, -0.05) is 19.3 Å². The second-order valence-corrected chi connectivity index (χ2v) is 7.36. The molecule has 3 heterocycles. The number of nitrogens with zero attached hydrogens (tertiary/aromatic N) is 4. The van der Waals surface area contributed by atoms with Crippen molar-refractivity contribution in [3.8, 4) is 0 Å². The quantitative estimate of drug-likeness (QED) is 0.912. The van der Waals surface area contributed by atoms with Crippen LogP contribution in [-0.4, -0.2) is 56.6 Å². The summed E-state index contributed by atoms with van der Waals surface area (Å²) < 4.78 is 7.81. The first kappa shape index (κ1) is 17.3. The van der Waals surface area contributed by atoms with Crippen molar-refractivity contribution in [3.05, 3.63) is 35.9 Å². The Morgan fingerprint density at radius 1 is 1.27 bits per heavy atom. The fraction of sp³-hybridized carbons (Fsp3) is 0.632. The highest BCUT2D eigenvalue weighted by atomic mass is 16.5. The van der Waals surface area contributed by atoms with Crippen molar-refractivity contribution in [2.75, 3.05) is 19.7 Å². The summed E-state index contributed by atoms with van der Waals surface area (Å²) in [5.41, 5.74) is 1.78. The first-order valence-corrected chi connectivity index (χ1v) is 9.73. The average Bonchev–Trinajstić information content (AvgIpc) is 3.31. The van der Waals surface area contributed by atoms with E-state index in [0.29, 0.717) is 25.6 Å². The number of rotatable bonds is 4.